The van der Waals surface area contributed by atoms with Crippen molar-refractivity contribution in [3.63, 3.8) is 0 Å². The normalized spacial score (nSPS) is 9.30. The number of nitrogens with zero attached hydrogens (tertiary/aromatic N) is 2. The lowest BCUT2D eigenvalue weighted by molar-refractivity contribution is -0.105. The van der Waals surface area contributed by atoms with Crippen LogP contribution in [0.15, 0.2) is 5.16 Å². The van der Waals surface area contributed by atoms with Crippen LogP contribution in [0.4, 0.5) is 5.95 Å². The second kappa shape index (κ2) is 3.21. The van der Waals surface area contributed by atoms with Gasteiger partial charge in [0.1, 0.15) is 0 Å². The van der Waals surface area contributed by atoms with Gasteiger partial charge in [-0.3, -0.25) is 10.1 Å². The molecule has 10 heavy (non-hydrogen) atoms. The highest BCUT2D eigenvalue weighted by molar-refractivity contribution is 7.98. The predicted molar refractivity (Wildman–Crippen MR) is 37.9 cm³/mol. The molecule has 54 valence electrons. The Morgan fingerprint density at radius 3 is 3.10 bits per heavy atom. The summed E-state index contributed by atoms with van der Waals surface area (Å²) in [5.74, 6) is 0.374. The molecule has 0 fully saturated rings. The molecule has 0 spiro atoms. The quantitative estimate of drug-likeness (QED) is 0.483. The van der Waals surface area contributed by atoms with Crippen molar-refractivity contribution in [2.24, 2.45) is 0 Å². The van der Waals surface area contributed by atoms with E-state index >= 15 is 0 Å². The number of hydrogen-bond acceptors (Lipinski definition) is 4. The van der Waals surface area contributed by atoms with Crippen LogP contribution < -0.4 is 5.32 Å². The van der Waals surface area contributed by atoms with Crippen LogP contribution in [0.3, 0.4) is 0 Å². The Morgan fingerprint density at radius 2 is 2.60 bits per heavy atom. The Kier molecular flexibility index (Phi) is 2.27. The summed E-state index contributed by atoms with van der Waals surface area (Å²) >= 11 is 1.41. The molecule has 0 radical (unpaired) electrons. The second-order valence-electron chi connectivity index (χ2n) is 1.43. The van der Waals surface area contributed by atoms with Crippen molar-refractivity contribution in [3.05, 3.63) is 0 Å². The fourth-order valence-electron chi connectivity index (χ4n) is 0.458. The number of amides is 1. The minimum Gasteiger partial charge on any atom is -0.298 e. The number of nitrogens with one attached hydrogen (secondary N) is 2. The summed E-state index contributed by atoms with van der Waals surface area (Å²) in [5, 5.41) is 9.25. The van der Waals surface area contributed by atoms with Crippen LogP contribution in [0.1, 0.15) is 0 Å². The zero-order valence-corrected chi connectivity index (χ0v) is 6.10. The third kappa shape index (κ3) is 1.47. The maximum atomic E-state index is 9.87. The Bertz CT molecular complexity index is 223. The Balaban J connectivity index is 2.67. The first-order valence-corrected chi connectivity index (χ1v) is 3.76. The molecule has 5 nitrogen and oxygen atoms in total. The molecular weight excluding hydrogens is 152 g/mol. The lowest BCUT2D eigenvalue weighted by Crippen LogP contribution is -1.94. The summed E-state index contributed by atoms with van der Waals surface area (Å²) in [4.78, 5) is 13.7. The first-order chi connectivity index (χ1) is 4.86. The molecule has 0 atom stereocenters. The van der Waals surface area contributed by atoms with Gasteiger partial charge in [-0.05, 0) is 6.26 Å². The number of aromatic amines is 1. The Morgan fingerprint density at radius 1 is 1.80 bits per heavy atom. The van der Waals surface area contributed by atoms with Gasteiger partial charge in [-0.25, -0.2) is 5.10 Å². The Labute approximate surface area is 61.6 Å². The number of carbonyl (C=O) groups excluding carboxylic acids is 1. The van der Waals surface area contributed by atoms with Crippen molar-refractivity contribution >= 4 is 24.1 Å². The van der Waals surface area contributed by atoms with Gasteiger partial charge in [-0.1, -0.05) is 11.8 Å². The van der Waals surface area contributed by atoms with Crippen molar-refractivity contribution < 1.29 is 4.79 Å². The summed E-state index contributed by atoms with van der Waals surface area (Å²) < 4.78 is 0. The fourth-order valence-corrected chi connectivity index (χ4v) is 0.778. The fraction of sp³-hybridized carbons (Fsp3) is 0.250. The van der Waals surface area contributed by atoms with Crippen LogP contribution in [-0.4, -0.2) is 27.8 Å². The summed E-state index contributed by atoms with van der Waals surface area (Å²) in [5.41, 5.74) is 0. The number of anilines is 1. The van der Waals surface area contributed by atoms with E-state index in [9.17, 15) is 4.79 Å². The van der Waals surface area contributed by atoms with E-state index in [1.807, 2.05) is 6.26 Å². The molecule has 1 rings (SSSR count). The third-order valence-electron chi connectivity index (χ3n) is 0.843. The van der Waals surface area contributed by atoms with E-state index in [1.165, 1.54) is 11.8 Å². The minimum atomic E-state index is 0.374. The van der Waals surface area contributed by atoms with Crippen molar-refractivity contribution in [1.82, 2.24) is 15.2 Å². The van der Waals surface area contributed by atoms with Gasteiger partial charge in [0.05, 0.1) is 0 Å². The SMILES string of the molecule is CSc1n[nH]c(NC=O)n1. The van der Waals surface area contributed by atoms with E-state index in [0.29, 0.717) is 17.5 Å². The summed E-state index contributed by atoms with van der Waals surface area (Å²) in [6.45, 7) is 0. The molecule has 1 amide bonds. The standard InChI is InChI=1S/C4H6N4OS/c1-10-4-6-3(5-2-9)7-8-4/h2H,1H3,(H2,5,6,7,8,9). The molecule has 6 heteroatoms. The van der Waals surface area contributed by atoms with E-state index in [2.05, 4.69) is 20.5 Å². The van der Waals surface area contributed by atoms with Crippen LogP contribution in [0, 0.1) is 0 Å². The van der Waals surface area contributed by atoms with Crippen LogP contribution in [0.2, 0.25) is 0 Å². The first kappa shape index (κ1) is 7.07. The van der Waals surface area contributed by atoms with E-state index in [-0.39, 0.29) is 0 Å². The molecule has 0 aromatic carbocycles. The summed E-state index contributed by atoms with van der Waals surface area (Å²) in [6.07, 6.45) is 2.40. The molecule has 0 saturated carbocycles. The molecule has 2 N–H and O–H groups in total. The zero-order chi connectivity index (χ0) is 7.40. The van der Waals surface area contributed by atoms with Gasteiger partial charge in [-0.15, -0.1) is 5.10 Å². The van der Waals surface area contributed by atoms with E-state index in [0.717, 1.165) is 0 Å². The van der Waals surface area contributed by atoms with Gasteiger partial charge in [0.25, 0.3) is 0 Å². The Hall–Kier alpha value is -1.04. The maximum Gasteiger partial charge on any atom is 0.225 e. The van der Waals surface area contributed by atoms with Crippen LogP contribution in [-0.2, 0) is 4.79 Å². The van der Waals surface area contributed by atoms with Crippen LogP contribution in [0.25, 0.3) is 0 Å². The van der Waals surface area contributed by atoms with Crippen molar-refractivity contribution in [2.45, 2.75) is 5.16 Å². The number of hydrogen-bond donors (Lipinski definition) is 2. The number of thioether (sulfide) groups is 1. The number of rotatable bonds is 3. The van der Waals surface area contributed by atoms with Gasteiger partial charge >= 0.3 is 0 Å². The molecule has 1 aromatic rings. The average molecular weight is 158 g/mol. The second-order valence-corrected chi connectivity index (χ2v) is 2.21. The molecule has 1 aromatic heterocycles. The van der Waals surface area contributed by atoms with Crippen molar-refractivity contribution in [3.8, 4) is 0 Å². The molecule has 0 aliphatic heterocycles. The molecule has 0 unspecified atom stereocenters. The van der Waals surface area contributed by atoms with Gasteiger partial charge in [0.15, 0.2) is 0 Å². The van der Waals surface area contributed by atoms with E-state index < -0.39 is 0 Å². The smallest absolute Gasteiger partial charge is 0.225 e. The topological polar surface area (TPSA) is 70.7 Å². The summed E-state index contributed by atoms with van der Waals surface area (Å²) in [7, 11) is 0. The molecule has 0 aliphatic rings. The third-order valence-corrected chi connectivity index (χ3v) is 1.39. The van der Waals surface area contributed by atoms with Crippen molar-refractivity contribution in [2.75, 3.05) is 11.6 Å². The van der Waals surface area contributed by atoms with Crippen molar-refractivity contribution in [1.29, 1.82) is 0 Å². The summed E-state index contributed by atoms with van der Waals surface area (Å²) in [6, 6.07) is 0. The van der Waals surface area contributed by atoms with Gasteiger partial charge in [-0.2, -0.15) is 4.98 Å². The van der Waals surface area contributed by atoms with Gasteiger partial charge in [0, 0.05) is 0 Å². The molecule has 1 heterocycles. The van der Waals surface area contributed by atoms with Gasteiger partial charge < -0.3 is 0 Å². The average Bonchev–Trinajstić information content (AvgIpc) is 2.37. The van der Waals surface area contributed by atoms with E-state index in [4.69, 9.17) is 0 Å². The molecule has 0 saturated heterocycles. The highest BCUT2D eigenvalue weighted by Gasteiger charge is 1.97. The molecule has 0 bridgehead atoms. The van der Waals surface area contributed by atoms with Gasteiger partial charge in [0.2, 0.25) is 17.5 Å². The lowest BCUT2D eigenvalue weighted by atomic mass is 11.0. The number of aromatic nitrogens is 3. The molecular formula is C4H6N4OS. The number of carbonyl (C=O) groups is 1. The largest absolute Gasteiger partial charge is 0.298 e. The predicted octanol–water partition coefficient (Wildman–Crippen LogP) is 0.0949. The van der Waals surface area contributed by atoms with Crippen LogP contribution >= 0.6 is 11.8 Å². The van der Waals surface area contributed by atoms with E-state index in [1.54, 1.807) is 0 Å². The first-order valence-electron chi connectivity index (χ1n) is 2.53. The minimum absolute atomic E-state index is 0.374. The molecule has 0 aliphatic carbocycles. The highest BCUT2D eigenvalue weighted by atomic mass is 32.2. The lowest BCUT2D eigenvalue weighted by Gasteiger charge is -1.84. The number of H-pyrrole nitrogens is 1. The van der Waals surface area contributed by atoms with Crippen LogP contribution in [0.5, 0.6) is 0 Å². The zero-order valence-electron chi connectivity index (χ0n) is 5.29. The highest BCUT2D eigenvalue weighted by Crippen LogP contribution is 2.08. The maximum absolute atomic E-state index is 9.87. The monoisotopic (exact) mass is 158 g/mol.